The molecule has 5 nitrogen and oxygen atoms in total. The van der Waals surface area contributed by atoms with Crippen molar-refractivity contribution < 1.29 is 4.74 Å². The zero-order chi connectivity index (χ0) is 39.1. The summed E-state index contributed by atoms with van der Waals surface area (Å²) in [6.45, 7) is 0.484. The Labute approximate surface area is 346 Å². The van der Waals surface area contributed by atoms with E-state index in [4.69, 9.17) is 19.7 Å². The number of rotatable bonds is 7. The summed E-state index contributed by atoms with van der Waals surface area (Å²) in [4.78, 5) is 17.6. The molecular weight excluding hydrogens is 741 g/mol. The van der Waals surface area contributed by atoms with Crippen LogP contribution >= 0.6 is 11.3 Å². The van der Waals surface area contributed by atoms with Crippen molar-refractivity contribution >= 4 is 48.6 Å². The van der Waals surface area contributed by atoms with Crippen molar-refractivity contribution in [3.05, 3.63) is 211 Å². The highest BCUT2D eigenvalue weighted by molar-refractivity contribution is 7.25. The number of fused-ring (bicyclic) bond motifs is 5. The summed E-state index contributed by atoms with van der Waals surface area (Å²) >= 11 is 1.80. The predicted molar refractivity (Wildman–Crippen MR) is 243 cm³/mol. The van der Waals surface area contributed by atoms with Crippen molar-refractivity contribution in [2.24, 2.45) is 0 Å². The molecule has 0 saturated heterocycles. The Kier molecular flexibility index (Phi) is 8.75. The molecule has 10 aromatic rings. The maximum absolute atomic E-state index is 6.48. The molecule has 0 aliphatic carbocycles. The molecule has 0 amide bonds. The van der Waals surface area contributed by atoms with E-state index >= 15 is 0 Å². The van der Waals surface area contributed by atoms with E-state index in [0.717, 1.165) is 50.6 Å². The van der Waals surface area contributed by atoms with Gasteiger partial charge < -0.3 is 9.64 Å². The van der Waals surface area contributed by atoms with Crippen LogP contribution in [0.5, 0.6) is 5.75 Å². The molecule has 0 unspecified atom stereocenters. The molecule has 0 atom stereocenters. The zero-order valence-corrected chi connectivity index (χ0v) is 32.8. The van der Waals surface area contributed by atoms with Crippen molar-refractivity contribution in [3.63, 3.8) is 0 Å². The first-order valence-electron chi connectivity index (χ1n) is 19.8. The molecule has 0 spiro atoms. The Morgan fingerprint density at radius 2 is 0.949 bits per heavy atom. The summed E-state index contributed by atoms with van der Waals surface area (Å²) in [5.74, 6) is 2.83. The molecule has 2 aromatic heterocycles. The lowest BCUT2D eigenvalue weighted by Gasteiger charge is -2.26. The highest BCUT2D eigenvalue weighted by atomic mass is 32.1. The molecule has 0 bridgehead atoms. The molecule has 1 aliphatic rings. The Balaban J connectivity index is 0.970. The lowest BCUT2D eigenvalue weighted by atomic mass is 9.97. The number of hydrogen-bond acceptors (Lipinski definition) is 6. The average Bonchev–Trinajstić information content (AvgIpc) is 3.58. The van der Waals surface area contributed by atoms with Crippen LogP contribution in [-0.2, 0) is 13.0 Å². The molecule has 6 heteroatoms. The van der Waals surface area contributed by atoms with Crippen LogP contribution in [-0.4, -0.2) is 15.0 Å². The molecule has 280 valence electrons. The predicted octanol–water partition coefficient (Wildman–Crippen LogP) is 13.9. The second kappa shape index (κ2) is 14.8. The minimum atomic E-state index is 0.484. The molecule has 59 heavy (non-hydrogen) atoms. The second-order valence-electron chi connectivity index (χ2n) is 14.8. The second-order valence-corrected chi connectivity index (χ2v) is 15.9. The van der Waals surface area contributed by atoms with Crippen molar-refractivity contribution in [2.75, 3.05) is 4.90 Å². The molecule has 0 saturated carbocycles. The maximum Gasteiger partial charge on any atom is 0.164 e. The lowest BCUT2D eigenvalue weighted by Crippen LogP contribution is -2.10. The number of thiophene rings is 1. The fourth-order valence-electron chi connectivity index (χ4n) is 8.09. The van der Waals surface area contributed by atoms with Gasteiger partial charge in [-0.25, -0.2) is 15.0 Å². The number of anilines is 3. The third-order valence-electron chi connectivity index (χ3n) is 11.1. The summed E-state index contributed by atoms with van der Waals surface area (Å²) in [5.41, 5.74) is 11.9. The first-order chi connectivity index (χ1) is 29.2. The first kappa shape index (κ1) is 34.8. The van der Waals surface area contributed by atoms with E-state index < -0.39 is 0 Å². The number of para-hydroxylation sites is 1. The summed E-state index contributed by atoms with van der Waals surface area (Å²) in [5, 5.41) is 2.52. The van der Waals surface area contributed by atoms with E-state index in [1.54, 1.807) is 11.3 Å². The third kappa shape index (κ3) is 6.69. The van der Waals surface area contributed by atoms with Crippen LogP contribution < -0.4 is 9.64 Å². The topological polar surface area (TPSA) is 51.1 Å². The summed E-state index contributed by atoms with van der Waals surface area (Å²) in [6, 6.07) is 68.2. The van der Waals surface area contributed by atoms with Crippen LogP contribution in [0.2, 0.25) is 0 Å². The monoisotopic (exact) mass is 776 g/mol. The molecule has 0 fully saturated rings. The molecule has 8 aromatic carbocycles. The van der Waals surface area contributed by atoms with E-state index in [1.165, 1.54) is 36.9 Å². The van der Waals surface area contributed by atoms with Gasteiger partial charge in [0.1, 0.15) is 12.4 Å². The van der Waals surface area contributed by atoms with Gasteiger partial charge in [0.05, 0.1) is 0 Å². The highest BCUT2D eigenvalue weighted by Gasteiger charge is 2.21. The number of ether oxygens (including phenoxy) is 1. The minimum absolute atomic E-state index is 0.484. The Bertz CT molecular complexity index is 3130. The smallest absolute Gasteiger partial charge is 0.164 e. The van der Waals surface area contributed by atoms with Crippen molar-refractivity contribution in [2.45, 2.75) is 13.0 Å². The van der Waals surface area contributed by atoms with Crippen molar-refractivity contribution in [1.82, 2.24) is 15.0 Å². The van der Waals surface area contributed by atoms with Gasteiger partial charge in [0.2, 0.25) is 0 Å². The van der Waals surface area contributed by atoms with Gasteiger partial charge in [0.25, 0.3) is 0 Å². The molecule has 0 N–H and O–H groups in total. The third-order valence-corrected chi connectivity index (χ3v) is 12.2. The highest BCUT2D eigenvalue weighted by Crippen LogP contribution is 2.40. The number of aromatic nitrogens is 3. The standard InChI is InChI=1S/C53H36N4OS/c1-4-12-35(13-5-1)36-22-25-44(26-23-36)57(43-16-8-3-9-17-43)45-27-29-48-42(32-45)31-41-30-38(20-21-40(41)34-58-48)52-54-51(37-14-6-2-7-15-37)55-53(56-52)39-24-28-47-46-18-10-11-19-49(46)59-50(47)33-39/h1-30,32-33H,31,34H2. The number of benzene rings is 8. The van der Waals surface area contributed by atoms with E-state index in [2.05, 4.69) is 181 Å². The lowest BCUT2D eigenvalue weighted by molar-refractivity contribution is 0.307. The largest absolute Gasteiger partial charge is 0.489 e. The molecule has 11 rings (SSSR count). The zero-order valence-electron chi connectivity index (χ0n) is 32.0. The molecule has 0 radical (unpaired) electrons. The van der Waals surface area contributed by atoms with E-state index in [-0.39, 0.29) is 0 Å². The van der Waals surface area contributed by atoms with Gasteiger partial charge in [-0.1, -0.05) is 133 Å². The molecule has 3 heterocycles. The van der Waals surface area contributed by atoms with Gasteiger partial charge in [0.15, 0.2) is 17.5 Å². The summed E-state index contributed by atoms with van der Waals surface area (Å²) in [6.07, 6.45) is 0.702. The fraction of sp³-hybridized carbons (Fsp3) is 0.0377. The first-order valence-corrected chi connectivity index (χ1v) is 20.6. The van der Waals surface area contributed by atoms with Crippen LogP contribution in [0.3, 0.4) is 0 Å². The van der Waals surface area contributed by atoms with Crippen LogP contribution in [0.1, 0.15) is 16.7 Å². The minimum Gasteiger partial charge on any atom is -0.489 e. The van der Waals surface area contributed by atoms with Crippen LogP contribution in [0.4, 0.5) is 17.1 Å². The molecule has 1 aliphatic heterocycles. The van der Waals surface area contributed by atoms with Gasteiger partial charge in [-0.15, -0.1) is 11.3 Å². The van der Waals surface area contributed by atoms with Gasteiger partial charge in [-0.05, 0) is 82.9 Å². The Morgan fingerprint density at radius 3 is 1.71 bits per heavy atom. The summed E-state index contributed by atoms with van der Waals surface area (Å²) < 4.78 is 8.97. The normalized spacial score (nSPS) is 12.1. The van der Waals surface area contributed by atoms with Crippen molar-refractivity contribution in [1.29, 1.82) is 0 Å². The van der Waals surface area contributed by atoms with E-state index in [9.17, 15) is 0 Å². The van der Waals surface area contributed by atoms with Crippen LogP contribution in [0.15, 0.2) is 194 Å². The molecular formula is C53H36N4OS. The Morgan fingerprint density at radius 1 is 0.390 bits per heavy atom. The van der Waals surface area contributed by atoms with E-state index in [1.807, 2.05) is 18.2 Å². The average molecular weight is 777 g/mol. The maximum atomic E-state index is 6.48. The fourth-order valence-corrected chi connectivity index (χ4v) is 9.23. The van der Waals surface area contributed by atoms with E-state index in [0.29, 0.717) is 30.5 Å². The van der Waals surface area contributed by atoms with Gasteiger partial charge in [-0.3, -0.25) is 0 Å². The number of nitrogens with zero attached hydrogens (tertiary/aromatic N) is 4. The van der Waals surface area contributed by atoms with Crippen molar-refractivity contribution in [3.8, 4) is 51.0 Å². The van der Waals surface area contributed by atoms with Gasteiger partial charge >= 0.3 is 0 Å². The van der Waals surface area contributed by atoms with Crippen LogP contribution in [0, 0.1) is 0 Å². The Hall–Kier alpha value is -7.41. The number of hydrogen-bond donors (Lipinski definition) is 0. The quantitative estimate of drug-likeness (QED) is 0.161. The SMILES string of the molecule is c1ccc(-c2ccc(N(c3ccccc3)c3ccc4c(c3)Cc3cc(-c5nc(-c6ccccc6)nc(-c6ccc7c(c6)sc6ccccc67)n5)ccc3CO4)cc2)cc1. The van der Waals surface area contributed by atoms with Gasteiger partial charge in [-0.2, -0.15) is 0 Å². The van der Waals surface area contributed by atoms with Crippen LogP contribution in [0.25, 0.3) is 65.5 Å². The summed E-state index contributed by atoms with van der Waals surface area (Å²) in [7, 11) is 0. The van der Waals surface area contributed by atoms with Gasteiger partial charge in [0, 0.05) is 65.9 Å².